The standard InChI is InChI=1S/C12H18N4O2/c1-12(18-2)6-3-7-16(8-12)11(17)9-4-5-10(13)15-14-9/h4-5H,3,6-8H2,1-2H3,(H2,13,15). The molecule has 1 unspecified atom stereocenters. The lowest BCUT2D eigenvalue weighted by atomic mass is 9.94. The van der Waals surface area contributed by atoms with Crippen molar-refractivity contribution in [2.24, 2.45) is 0 Å². The molecule has 1 aliphatic rings. The van der Waals surface area contributed by atoms with Crippen LogP contribution < -0.4 is 5.73 Å². The van der Waals surface area contributed by atoms with Crippen molar-refractivity contribution in [3.8, 4) is 0 Å². The maximum Gasteiger partial charge on any atom is 0.274 e. The highest BCUT2D eigenvalue weighted by atomic mass is 16.5. The first-order valence-electron chi connectivity index (χ1n) is 5.98. The van der Waals surface area contributed by atoms with Crippen molar-refractivity contribution in [2.45, 2.75) is 25.4 Å². The lowest BCUT2D eigenvalue weighted by molar-refractivity contribution is -0.0441. The van der Waals surface area contributed by atoms with Gasteiger partial charge in [0.1, 0.15) is 5.82 Å². The molecule has 0 bridgehead atoms. The smallest absolute Gasteiger partial charge is 0.274 e. The lowest BCUT2D eigenvalue weighted by Gasteiger charge is -2.39. The van der Waals surface area contributed by atoms with Crippen LogP contribution >= 0.6 is 0 Å². The third-order valence-corrected chi connectivity index (χ3v) is 3.34. The average molecular weight is 250 g/mol. The molecular weight excluding hydrogens is 232 g/mol. The van der Waals surface area contributed by atoms with Crippen LogP contribution in [-0.4, -0.2) is 46.8 Å². The van der Waals surface area contributed by atoms with E-state index in [0.29, 0.717) is 18.1 Å². The van der Waals surface area contributed by atoms with Crippen LogP contribution in [0.25, 0.3) is 0 Å². The molecule has 1 fully saturated rings. The van der Waals surface area contributed by atoms with Gasteiger partial charge in [-0.05, 0) is 31.9 Å². The van der Waals surface area contributed by atoms with Crippen LogP contribution in [-0.2, 0) is 4.74 Å². The molecule has 2 rings (SSSR count). The Morgan fingerprint density at radius 1 is 1.50 bits per heavy atom. The van der Waals surface area contributed by atoms with E-state index >= 15 is 0 Å². The normalized spacial score (nSPS) is 24.0. The van der Waals surface area contributed by atoms with Crippen molar-refractivity contribution in [3.05, 3.63) is 17.8 Å². The maximum absolute atomic E-state index is 12.2. The molecule has 0 saturated carbocycles. The molecule has 2 heterocycles. The van der Waals surface area contributed by atoms with E-state index in [4.69, 9.17) is 10.5 Å². The van der Waals surface area contributed by atoms with Crippen LogP contribution in [0.4, 0.5) is 5.82 Å². The van der Waals surface area contributed by atoms with E-state index in [9.17, 15) is 4.79 Å². The fourth-order valence-electron chi connectivity index (χ4n) is 2.16. The van der Waals surface area contributed by atoms with Gasteiger partial charge < -0.3 is 15.4 Å². The summed E-state index contributed by atoms with van der Waals surface area (Å²) in [6.45, 7) is 3.32. The molecule has 1 aliphatic heterocycles. The fraction of sp³-hybridized carbons (Fsp3) is 0.583. The second-order valence-electron chi connectivity index (χ2n) is 4.83. The van der Waals surface area contributed by atoms with Gasteiger partial charge in [-0.15, -0.1) is 10.2 Å². The molecule has 0 aliphatic carbocycles. The van der Waals surface area contributed by atoms with Crippen LogP contribution in [0.1, 0.15) is 30.3 Å². The largest absolute Gasteiger partial charge is 0.382 e. The quantitative estimate of drug-likeness (QED) is 0.835. The van der Waals surface area contributed by atoms with E-state index in [0.717, 1.165) is 19.4 Å². The van der Waals surface area contributed by atoms with E-state index in [1.165, 1.54) is 0 Å². The van der Waals surface area contributed by atoms with Gasteiger partial charge in [-0.3, -0.25) is 4.79 Å². The first kappa shape index (κ1) is 12.8. The van der Waals surface area contributed by atoms with Crippen LogP contribution in [0.2, 0.25) is 0 Å². The second kappa shape index (κ2) is 4.89. The monoisotopic (exact) mass is 250 g/mol. The summed E-state index contributed by atoms with van der Waals surface area (Å²) in [6.07, 6.45) is 1.89. The molecule has 1 amide bonds. The predicted octanol–water partition coefficient (Wildman–Crippen LogP) is 0.700. The van der Waals surface area contributed by atoms with Gasteiger partial charge in [-0.2, -0.15) is 0 Å². The van der Waals surface area contributed by atoms with Gasteiger partial charge in [-0.1, -0.05) is 0 Å². The Kier molecular flexibility index (Phi) is 3.47. The molecule has 98 valence electrons. The summed E-state index contributed by atoms with van der Waals surface area (Å²) in [5.41, 5.74) is 5.51. The lowest BCUT2D eigenvalue weighted by Crippen LogP contribution is -2.49. The Balaban J connectivity index is 2.11. The third kappa shape index (κ3) is 2.59. The number of piperidine rings is 1. The molecule has 0 radical (unpaired) electrons. The number of hydrogen-bond donors (Lipinski definition) is 1. The van der Waals surface area contributed by atoms with Crippen LogP contribution in [0.15, 0.2) is 12.1 Å². The van der Waals surface area contributed by atoms with Crippen molar-refractivity contribution in [3.63, 3.8) is 0 Å². The summed E-state index contributed by atoms with van der Waals surface area (Å²) in [5.74, 6) is 0.192. The zero-order valence-electron chi connectivity index (χ0n) is 10.7. The minimum absolute atomic E-state index is 0.120. The van der Waals surface area contributed by atoms with Crippen LogP contribution in [0.3, 0.4) is 0 Å². The highest BCUT2D eigenvalue weighted by molar-refractivity contribution is 5.92. The Hall–Kier alpha value is -1.69. The minimum atomic E-state index is -0.269. The first-order chi connectivity index (χ1) is 8.54. The molecule has 1 aromatic heterocycles. The number of ether oxygens (including phenoxy) is 1. The number of carbonyl (C=O) groups is 1. The summed E-state index contributed by atoms with van der Waals surface area (Å²) < 4.78 is 5.46. The Bertz CT molecular complexity index is 434. The SMILES string of the molecule is COC1(C)CCCN(C(=O)c2ccc(N)nn2)C1. The topological polar surface area (TPSA) is 81.3 Å². The van der Waals surface area contributed by atoms with Gasteiger partial charge in [0, 0.05) is 20.2 Å². The van der Waals surface area contributed by atoms with E-state index in [1.54, 1.807) is 24.1 Å². The number of nitrogens with two attached hydrogens (primary N) is 1. The van der Waals surface area contributed by atoms with Crippen molar-refractivity contribution >= 4 is 11.7 Å². The Morgan fingerprint density at radius 3 is 2.89 bits per heavy atom. The van der Waals surface area contributed by atoms with Crippen molar-refractivity contribution in [2.75, 3.05) is 25.9 Å². The van der Waals surface area contributed by atoms with E-state index < -0.39 is 0 Å². The number of nitrogens with zero attached hydrogens (tertiary/aromatic N) is 3. The number of likely N-dealkylation sites (tertiary alicyclic amines) is 1. The van der Waals surface area contributed by atoms with Gasteiger partial charge in [0.2, 0.25) is 0 Å². The van der Waals surface area contributed by atoms with Crippen molar-refractivity contribution in [1.82, 2.24) is 15.1 Å². The number of methoxy groups -OCH3 is 1. The number of nitrogen functional groups attached to an aromatic ring is 1. The molecule has 0 spiro atoms. The molecule has 1 saturated heterocycles. The van der Waals surface area contributed by atoms with Gasteiger partial charge in [-0.25, -0.2) is 0 Å². The van der Waals surface area contributed by atoms with Gasteiger partial charge in [0.15, 0.2) is 5.69 Å². The molecule has 1 atom stereocenters. The maximum atomic E-state index is 12.2. The number of hydrogen-bond acceptors (Lipinski definition) is 5. The second-order valence-corrected chi connectivity index (χ2v) is 4.83. The number of rotatable bonds is 2. The van der Waals surface area contributed by atoms with E-state index in [2.05, 4.69) is 10.2 Å². The zero-order chi connectivity index (χ0) is 13.2. The van der Waals surface area contributed by atoms with E-state index in [1.807, 2.05) is 6.92 Å². The van der Waals surface area contributed by atoms with Crippen molar-refractivity contribution in [1.29, 1.82) is 0 Å². The molecule has 0 aromatic carbocycles. The highest BCUT2D eigenvalue weighted by Gasteiger charge is 2.33. The molecule has 2 N–H and O–H groups in total. The van der Waals surface area contributed by atoms with Crippen LogP contribution in [0, 0.1) is 0 Å². The summed E-state index contributed by atoms with van der Waals surface area (Å²) in [5, 5.41) is 7.52. The number of anilines is 1. The fourth-order valence-corrected chi connectivity index (χ4v) is 2.16. The summed E-state index contributed by atoms with van der Waals surface area (Å²) in [4.78, 5) is 14.0. The molecule has 6 heteroatoms. The van der Waals surface area contributed by atoms with Crippen LogP contribution in [0.5, 0.6) is 0 Å². The number of carbonyl (C=O) groups excluding carboxylic acids is 1. The minimum Gasteiger partial charge on any atom is -0.382 e. The van der Waals surface area contributed by atoms with Gasteiger partial charge >= 0.3 is 0 Å². The van der Waals surface area contributed by atoms with Crippen molar-refractivity contribution < 1.29 is 9.53 Å². The average Bonchev–Trinajstić information content (AvgIpc) is 2.39. The Morgan fingerprint density at radius 2 is 2.28 bits per heavy atom. The van der Waals surface area contributed by atoms with E-state index in [-0.39, 0.29) is 11.5 Å². The summed E-state index contributed by atoms with van der Waals surface area (Å²) in [6, 6.07) is 3.18. The third-order valence-electron chi connectivity index (χ3n) is 3.34. The molecule has 18 heavy (non-hydrogen) atoms. The zero-order valence-corrected chi connectivity index (χ0v) is 10.7. The summed E-state index contributed by atoms with van der Waals surface area (Å²) in [7, 11) is 1.68. The van der Waals surface area contributed by atoms with Gasteiger partial charge in [0.05, 0.1) is 5.60 Å². The van der Waals surface area contributed by atoms with Gasteiger partial charge in [0.25, 0.3) is 5.91 Å². The number of amides is 1. The Labute approximate surface area is 106 Å². The number of aromatic nitrogens is 2. The molecular formula is C12H18N4O2. The molecule has 1 aromatic rings. The summed E-state index contributed by atoms with van der Waals surface area (Å²) >= 11 is 0. The predicted molar refractivity (Wildman–Crippen MR) is 67.0 cm³/mol. The molecule has 6 nitrogen and oxygen atoms in total. The first-order valence-corrected chi connectivity index (χ1v) is 5.98. The highest BCUT2D eigenvalue weighted by Crippen LogP contribution is 2.24.